The number of aldehydes is 1. The molecule has 1 aromatic rings. The SMILES string of the molecule is N#CC(CO)c1cccc(C=O)c1. The Balaban J connectivity index is 3.01. The smallest absolute Gasteiger partial charge is 0.150 e. The van der Waals surface area contributed by atoms with Gasteiger partial charge in [0.2, 0.25) is 0 Å². The molecular formula is C10H9NO2. The van der Waals surface area contributed by atoms with Crippen LogP contribution in [0.2, 0.25) is 0 Å². The summed E-state index contributed by atoms with van der Waals surface area (Å²) in [6, 6.07) is 8.63. The Labute approximate surface area is 76.2 Å². The minimum Gasteiger partial charge on any atom is -0.395 e. The quantitative estimate of drug-likeness (QED) is 0.699. The molecule has 1 N–H and O–H groups in total. The molecular weight excluding hydrogens is 166 g/mol. The summed E-state index contributed by atoms with van der Waals surface area (Å²) >= 11 is 0. The molecule has 0 spiro atoms. The summed E-state index contributed by atoms with van der Waals surface area (Å²) < 4.78 is 0. The van der Waals surface area contributed by atoms with E-state index in [0.29, 0.717) is 11.1 Å². The van der Waals surface area contributed by atoms with Gasteiger partial charge in [0.15, 0.2) is 0 Å². The van der Waals surface area contributed by atoms with Crippen LogP contribution in [-0.2, 0) is 0 Å². The van der Waals surface area contributed by atoms with Crippen molar-refractivity contribution in [2.75, 3.05) is 6.61 Å². The number of hydrogen-bond donors (Lipinski definition) is 1. The van der Waals surface area contributed by atoms with Crippen molar-refractivity contribution in [2.24, 2.45) is 0 Å². The van der Waals surface area contributed by atoms with E-state index < -0.39 is 5.92 Å². The third kappa shape index (κ3) is 2.14. The Morgan fingerprint density at radius 2 is 2.38 bits per heavy atom. The number of carbonyl (C=O) groups is 1. The average Bonchev–Trinajstić information content (AvgIpc) is 2.20. The molecule has 66 valence electrons. The number of nitrogens with zero attached hydrogens (tertiary/aromatic N) is 1. The number of hydrogen-bond acceptors (Lipinski definition) is 3. The zero-order valence-electron chi connectivity index (χ0n) is 6.97. The third-order valence-corrected chi connectivity index (χ3v) is 1.79. The van der Waals surface area contributed by atoms with E-state index in [0.717, 1.165) is 6.29 Å². The summed E-state index contributed by atoms with van der Waals surface area (Å²) in [4.78, 5) is 10.4. The van der Waals surface area contributed by atoms with Crippen LogP contribution in [0.3, 0.4) is 0 Å². The standard InChI is InChI=1S/C10H9NO2/c11-5-10(7-13)9-3-1-2-8(4-9)6-12/h1-4,6,10,13H,7H2. The lowest BCUT2D eigenvalue weighted by atomic mass is 10.00. The fourth-order valence-electron chi connectivity index (χ4n) is 1.07. The molecule has 1 aromatic carbocycles. The molecule has 1 unspecified atom stereocenters. The molecule has 0 radical (unpaired) electrons. The highest BCUT2D eigenvalue weighted by molar-refractivity contribution is 5.75. The van der Waals surface area contributed by atoms with Gasteiger partial charge >= 0.3 is 0 Å². The maximum atomic E-state index is 10.4. The first-order valence-electron chi connectivity index (χ1n) is 3.87. The van der Waals surface area contributed by atoms with E-state index in [4.69, 9.17) is 10.4 Å². The molecule has 0 bridgehead atoms. The molecule has 3 heteroatoms. The number of aliphatic hydroxyl groups excluding tert-OH is 1. The molecule has 3 nitrogen and oxygen atoms in total. The van der Waals surface area contributed by atoms with Crippen LogP contribution in [0.1, 0.15) is 21.8 Å². The Bertz CT molecular complexity index is 341. The van der Waals surface area contributed by atoms with Crippen molar-refractivity contribution in [3.05, 3.63) is 35.4 Å². The Hall–Kier alpha value is -1.66. The maximum Gasteiger partial charge on any atom is 0.150 e. The molecule has 0 aromatic heterocycles. The molecule has 1 rings (SSSR count). The highest BCUT2D eigenvalue weighted by Crippen LogP contribution is 2.14. The van der Waals surface area contributed by atoms with Gasteiger partial charge in [0.25, 0.3) is 0 Å². The van der Waals surface area contributed by atoms with Crippen LogP contribution >= 0.6 is 0 Å². The first kappa shape index (κ1) is 9.43. The van der Waals surface area contributed by atoms with Gasteiger partial charge in [0, 0.05) is 5.56 Å². The predicted molar refractivity (Wildman–Crippen MR) is 47.3 cm³/mol. The second-order valence-electron chi connectivity index (χ2n) is 2.65. The van der Waals surface area contributed by atoms with E-state index in [1.165, 1.54) is 0 Å². The van der Waals surface area contributed by atoms with Crippen molar-refractivity contribution >= 4 is 6.29 Å². The van der Waals surface area contributed by atoms with Crippen LogP contribution in [0.25, 0.3) is 0 Å². The summed E-state index contributed by atoms with van der Waals surface area (Å²) in [5, 5.41) is 17.5. The van der Waals surface area contributed by atoms with E-state index in [1.54, 1.807) is 24.3 Å². The van der Waals surface area contributed by atoms with Crippen LogP contribution in [0.15, 0.2) is 24.3 Å². The van der Waals surface area contributed by atoms with Crippen LogP contribution in [0.5, 0.6) is 0 Å². The molecule has 0 aliphatic rings. The van der Waals surface area contributed by atoms with Gasteiger partial charge in [-0.2, -0.15) is 5.26 Å². The Morgan fingerprint density at radius 1 is 1.62 bits per heavy atom. The van der Waals surface area contributed by atoms with Gasteiger partial charge in [-0.05, 0) is 11.6 Å². The van der Waals surface area contributed by atoms with Gasteiger partial charge < -0.3 is 5.11 Å². The van der Waals surface area contributed by atoms with Crippen molar-refractivity contribution in [2.45, 2.75) is 5.92 Å². The Morgan fingerprint density at radius 3 is 2.92 bits per heavy atom. The van der Waals surface area contributed by atoms with Gasteiger partial charge in [0.05, 0.1) is 18.6 Å². The number of aliphatic hydroxyl groups is 1. The molecule has 0 aliphatic carbocycles. The normalized spacial score (nSPS) is 11.7. The lowest BCUT2D eigenvalue weighted by Crippen LogP contribution is -2.01. The van der Waals surface area contributed by atoms with E-state index >= 15 is 0 Å². The number of nitriles is 1. The molecule has 0 fully saturated rings. The van der Waals surface area contributed by atoms with Crippen molar-refractivity contribution < 1.29 is 9.90 Å². The first-order valence-corrected chi connectivity index (χ1v) is 3.87. The summed E-state index contributed by atoms with van der Waals surface area (Å²) in [6.07, 6.45) is 0.718. The third-order valence-electron chi connectivity index (χ3n) is 1.79. The fourth-order valence-corrected chi connectivity index (χ4v) is 1.07. The van der Waals surface area contributed by atoms with Crippen LogP contribution in [-0.4, -0.2) is 18.0 Å². The minimum absolute atomic E-state index is 0.223. The fraction of sp³-hybridized carbons (Fsp3) is 0.200. The van der Waals surface area contributed by atoms with Crippen LogP contribution in [0, 0.1) is 11.3 Å². The van der Waals surface area contributed by atoms with Crippen molar-refractivity contribution in [1.82, 2.24) is 0 Å². The molecule has 0 heterocycles. The minimum atomic E-state index is -0.542. The highest BCUT2D eigenvalue weighted by Gasteiger charge is 2.08. The molecule has 0 saturated carbocycles. The number of benzene rings is 1. The topological polar surface area (TPSA) is 61.1 Å². The van der Waals surface area contributed by atoms with Crippen molar-refractivity contribution in [3.8, 4) is 6.07 Å². The largest absolute Gasteiger partial charge is 0.395 e. The van der Waals surface area contributed by atoms with Gasteiger partial charge in [-0.15, -0.1) is 0 Å². The second-order valence-corrected chi connectivity index (χ2v) is 2.65. The number of carbonyl (C=O) groups excluding carboxylic acids is 1. The van der Waals surface area contributed by atoms with Gasteiger partial charge in [-0.25, -0.2) is 0 Å². The summed E-state index contributed by atoms with van der Waals surface area (Å²) in [6.45, 7) is -0.223. The maximum absolute atomic E-state index is 10.4. The molecule has 0 saturated heterocycles. The van der Waals surface area contributed by atoms with E-state index in [2.05, 4.69) is 0 Å². The summed E-state index contributed by atoms with van der Waals surface area (Å²) in [7, 11) is 0. The molecule has 0 aliphatic heterocycles. The molecule has 0 amide bonds. The van der Waals surface area contributed by atoms with Crippen LogP contribution in [0.4, 0.5) is 0 Å². The second kappa shape index (κ2) is 4.39. The van der Waals surface area contributed by atoms with Gasteiger partial charge in [-0.3, -0.25) is 4.79 Å². The van der Waals surface area contributed by atoms with E-state index in [-0.39, 0.29) is 6.61 Å². The summed E-state index contributed by atoms with van der Waals surface area (Å²) in [5.74, 6) is -0.542. The molecule has 1 atom stereocenters. The first-order chi connectivity index (χ1) is 6.31. The van der Waals surface area contributed by atoms with Gasteiger partial charge in [0.1, 0.15) is 6.29 Å². The van der Waals surface area contributed by atoms with Crippen molar-refractivity contribution in [1.29, 1.82) is 5.26 Å². The van der Waals surface area contributed by atoms with Gasteiger partial charge in [-0.1, -0.05) is 18.2 Å². The van der Waals surface area contributed by atoms with Crippen molar-refractivity contribution in [3.63, 3.8) is 0 Å². The monoisotopic (exact) mass is 175 g/mol. The Kier molecular flexibility index (Phi) is 3.18. The zero-order valence-corrected chi connectivity index (χ0v) is 6.97. The molecule has 13 heavy (non-hydrogen) atoms. The lowest BCUT2D eigenvalue weighted by molar-refractivity contribution is 0.112. The van der Waals surface area contributed by atoms with E-state index in [9.17, 15) is 4.79 Å². The average molecular weight is 175 g/mol. The predicted octanol–water partition coefficient (Wildman–Crippen LogP) is 1.10. The lowest BCUT2D eigenvalue weighted by Gasteiger charge is -2.05. The summed E-state index contributed by atoms with van der Waals surface area (Å²) in [5.41, 5.74) is 1.20. The highest BCUT2D eigenvalue weighted by atomic mass is 16.3. The van der Waals surface area contributed by atoms with E-state index in [1.807, 2.05) is 6.07 Å². The number of rotatable bonds is 3. The zero-order chi connectivity index (χ0) is 9.68. The van der Waals surface area contributed by atoms with Crippen LogP contribution < -0.4 is 0 Å².